The summed E-state index contributed by atoms with van der Waals surface area (Å²) in [6, 6.07) is 0. The van der Waals surface area contributed by atoms with Crippen LogP contribution in [0.25, 0.3) is 0 Å². The second kappa shape index (κ2) is 4.44. The van der Waals surface area contributed by atoms with Gasteiger partial charge >= 0.3 is 5.97 Å². The summed E-state index contributed by atoms with van der Waals surface area (Å²) < 4.78 is 4.70. The Labute approximate surface area is 88.2 Å². The van der Waals surface area contributed by atoms with Crippen LogP contribution in [0.1, 0.15) is 34.8 Å². The summed E-state index contributed by atoms with van der Waals surface area (Å²) in [4.78, 5) is 11.4. The maximum atomic E-state index is 11.4. The summed E-state index contributed by atoms with van der Waals surface area (Å²) in [6.45, 7) is 1.99. The van der Waals surface area contributed by atoms with Gasteiger partial charge < -0.3 is 10.1 Å². The number of aromatic amines is 1. The van der Waals surface area contributed by atoms with E-state index in [1.54, 1.807) is 6.20 Å². The zero-order chi connectivity index (χ0) is 10.7. The molecule has 0 atom stereocenters. The summed E-state index contributed by atoms with van der Waals surface area (Å²) in [5, 5.41) is 9.92. The highest BCUT2D eigenvalue weighted by Crippen LogP contribution is 2.27. The Morgan fingerprint density at radius 3 is 2.93 bits per heavy atom. The molecule has 1 aliphatic heterocycles. The van der Waals surface area contributed by atoms with Crippen molar-refractivity contribution in [1.82, 2.24) is 15.5 Å². The number of carbonyl (C=O) groups excluding carboxylic acids is 1. The first kappa shape index (κ1) is 10.2. The Bertz CT molecular complexity index is 342. The van der Waals surface area contributed by atoms with Crippen LogP contribution in [-0.4, -0.2) is 36.4 Å². The minimum atomic E-state index is -0.332. The van der Waals surface area contributed by atoms with E-state index in [1.807, 2.05) is 0 Å². The average molecular weight is 209 g/mol. The van der Waals surface area contributed by atoms with Gasteiger partial charge in [-0.25, -0.2) is 4.79 Å². The smallest absolute Gasteiger partial charge is 0.356 e. The number of nitrogens with one attached hydrogen (secondary N) is 2. The van der Waals surface area contributed by atoms with Crippen molar-refractivity contribution < 1.29 is 9.53 Å². The third-order valence-corrected chi connectivity index (χ3v) is 2.84. The number of rotatable bonds is 2. The summed E-state index contributed by atoms with van der Waals surface area (Å²) in [5.41, 5.74) is 1.49. The van der Waals surface area contributed by atoms with Crippen LogP contribution in [0.2, 0.25) is 0 Å². The fourth-order valence-corrected chi connectivity index (χ4v) is 2.00. The molecule has 0 aromatic carbocycles. The van der Waals surface area contributed by atoms with Crippen LogP contribution in [0.5, 0.6) is 0 Å². The van der Waals surface area contributed by atoms with Gasteiger partial charge in [0.25, 0.3) is 0 Å². The molecule has 0 amide bonds. The number of aromatic nitrogens is 2. The molecular formula is C10H15N3O2. The highest BCUT2D eigenvalue weighted by atomic mass is 16.5. The Morgan fingerprint density at radius 1 is 1.53 bits per heavy atom. The lowest BCUT2D eigenvalue weighted by atomic mass is 9.90. The summed E-state index contributed by atoms with van der Waals surface area (Å²) in [5.74, 6) is 0.0835. The van der Waals surface area contributed by atoms with Crippen molar-refractivity contribution in [3.05, 3.63) is 17.5 Å². The highest BCUT2D eigenvalue weighted by Gasteiger charge is 2.23. The predicted molar refractivity (Wildman–Crippen MR) is 54.8 cm³/mol. The average Bonchev–Trinajstić information content (AvgIpc) is 2.78. The third-order valence-electron chi connectivity index (χ3n) is 2.84. The zero-order valence-corrected chi connectivity index (χ0v) is 8.75. The Balaban J connectivity index is 2.19. The quantitative estimate of drug-likeness (QED) is 0.702. The molecule has 1 saturated heterocycles. The van der Waals surface area contributed by atoms with Crippen molar-refractivity contribution in [1.29, 1.82) is 0 Å². The van der Waals surface area contributed by atoms with Gasteiger partial charge in [0, 0.05) is 5.56 Å². The van der Waals surface area contributed by atoms with Crippen molar-refractivity contribution in [3.8, 4) is 0 Å². The van der Waals surface area contributed by atoms with Crippen LogP contribution >= 0.6 is 0 Å². The molecule has 1 aliphatic rings. The van der Waals surface area contributed by atoms with Crippen LogP contribution in [0.3, 0.4) is 0 Å². The largest absolute Gasteiger partial charge is 0.464 e. The number of esters is 1. The normalized spacial score (nSPS) is 17.7. The van der Waals surface area contributed by atoms with Gasteiger partial charge in [-0.1, -0.05) is 0 Å². The van der Waals surface area contributed by atoms with Gasteiger partial charge in [-0.3, -0.25) is 5.10 Å². The summed E-state index contributed by atoms with van der Waals surface area (Å²) in [6.07, 6.45) is 3.83. The van der Waals surface area contributed by atoms with E-state index >= 15 is 0 Å². The van der Waals surface area contributed by atoms with Gasteiger partial charge in [0.15, 0.2) is 0 Å². The number of carbonyl (C=O) groups is 1. The van der Waals surface area contributed by atoms with E-state index in [-0.39, 0.29) is 5.97 Å². The monoisotopic (exact) mass is 209 g/mol. The number of hydrogen-bond donors (Lipinski definition) is 2. The fourth-order valence-electron chi connectivity index (χ4n) is 2.00. The molecule has 0 unspecified atom stereocenters. The van der Waals surface area contributed by atoms with Gasteiger partial charge in [-0.2, -0.15) is 5.10 Å². The van der Waals surface area contributed by atoms with Gasteiger partial charge in [-0.05, 0) is 31.8 Å². The van der Waals surface area contributed by atoms with Gasteiger partial charge in [0.1, 0.15) is 5.69 Å². The Hall–Kier alpha value is -1.36. The number of H-pyrrole nitrogens is 1. The van der Waals surface area contributed by atoms with Crippen molar-refractivity contribution in [2.24, 2.45) is 0 Å². The lowest BCUT2D eigenvalue weighted by Gasteiger charge is -2.22. The predicted octanol–water partition coefficient (Wildman–Crippen LogP) is 0.663. The van der Waals surface area contributed by atoms with E-state index in [9.17, 15) is 4.79 Å². The van der Waals surface area contributed by atoms with Crippen molar-refractivity contribution >= 4 is 5.97 Å². The molecule has 0 bridgehead atoms. The third kappa shape index (κ3) is 2.02. The van der Waals surface area contributed by atoms with Gasteiger partial charge in [-0.15, -0.1) is 0 Å². The Kier molecular flexibility index (Phi) is 3.01. The summed E-state index contributed by atoms with van der Waals surface area (Å²) in [7, 11) is 1.38. The van der Waals surface area contributed by atoms with E-state index in [2.05, 4.69) is 15.5 Å². The van der Waals surface area contributed by atoms with Crippen LogP contribution in [0.4, 0.5) is 0 Å². The van der Waals surface area contributed by atoms with Gasteiger partial charge in [0.2, 0.25) is 0 Å². The first-order chi connectivity index (χ1) is 7.33. The molecule has 0 saturated carbocycles. The van der Waals surface area contributed by atoms with Crippen molar-refractivity contribution in [2.75, 3.05) is 20.2 Å². The van der Waals surface area contributed by atoms with Crippen LogP contribution in [-0.2, 0) is 4.74 Å². The van der Waals surface area contributed by atoms with Crippen molar-refractivity contribution in [3.63, 3.8) is 0 Å². The minimum Gasteiger partial charge on any atom is -0.464 e. The molecule has 5 heteroatoms. The molecule has 5 nitrogen and oxygen atoms in total. The molecule has 0 aliphatic carbocycles. The maximum absolute atomic E-state index is 11.4. The second-order valence-corrected chi connectivity index (χ2v) is 3.72. The number of piperidine rings is 1. The van der Waals surface area contributed by atoms with Crippen molar-refractivity contribution in [2.45, 2.75) is 18.8 Å². The molecule has 15 heavy (non-hydrogen) atoms. The standard InChI is InChI=1S/C10H15N3O2/c1-15-10(14)9-8(6-12-13-9)7-2-4-11-5-3-7/h6-7,11H,2-5H2,1H3,(H,12,13). The van der Waals surface area contributed by atoms with E-state index < -0.39 is 0 Å². The molecule has 2 heterocycles. The SMILES string of the molecule is COC(=O)c1[nH]ncc1C1CCNCC1. The molecule has 0 spiro atoms. The number of ether oxygens (including phenoxy) is 1. The second-order valence-electron chi connectivity index (χ2n) is 3.72. The van der Waals surface area contributed by atoms with Crippen LogP contribution < -0.4 is 5.32 Å². The maximum Gasteiger partial charge on any atom is 0.356 e. The lowest BCUT2D eigenvalue weighted by molar-refractivity contribution is 0.0592. The zero-order valence-electron chi connectivity index (χ0n) is 8.75. The van der Waals surface area contributed by atoms with E-state index in [0.717, 1.165) is 31.5 Å². The number of hydrogen-bond acceptors (Lipinski definition) is 4. The molecule has 2 rings (SSSR count). The van der Waals surface area contributed by atoms with E-state index in [0.29, 0.717) is 11.6 Å². The first-order valence-electron chi connectivity index (χ1n) is 5.15. The number of methoxy groups -OCH3 is 1. The van der Waals surface area contributed by atoms with Gasteiger partial charge in [0.05, 0.1) is 13.3 Å². The highest BCUT2D eigenvalue weighted by molar-refractivity contribution is 5.88. The summed E-state index contributed by atoms with van der Waals surface area (Å²) >= 11 is 0. The van der Waals surface area contributed by atoms with Crippen LogP contribution in [0.15, 0.2) is 6.20 Å². The molecule has 1 aromatic rings. The van der Waals surface area contributed by atoms with E-state index in [4.69, 9.17) is 4.74 Å². The molecule has 0 radical (unpaired) electrons. The molecule has 2 N–H and O–H groups in total. The Morgan fingerprint density at radius 2 is 2.27 bits per heavy atom. The molecular weight excluding hydrogens is 194 g/mol. The fraction of sp³-hybridized carbons (Fsp3) is 0.600. The molecule has 1 aromatic heterocycles. The topological polar surface area (TPSA) is 67.0 Å². The first-order valence-corrected chi connectivity index (χ1v) is 5.15. The van der Waals surface area contributed by atoms with E-state index in [1.165, 1.54) is 7.11 Å². The lowest BCUT2D eigenvalue weighted by Crippen LogP contribution is -2.27. The number of nitrogens with zero attached hydrogens (tertiary/aromatic N) is 1. The minimum absolute atomic E-state index is 0.332. The molecule has 82 valence electrons. The molecule has 1 fully saturated rings. The van der Waals surface area contributed by atoms with Crippen LogP contribution in [0, 0.1) is 0 Å².